The molecule has 0 radical (unpaired) electrons. The third kappa shape index (κ3) is 45.1. The lowest BCUT2D eigenvalue weighted by molar-refractivity contribution is -0.138. The fourth-order valence-electron chi connectivity index (χ4n) is 1.52. The van der Waals surface area contributed by atoms with Crippen LogP contribution in [0.25, 0.3) is 0 Å². The van der Waals surface area contributed by atoms with Crippen LogP contribution in [-0.4, -0.2) is 59.2 Å². The van der Waals surface area contributed by atoms with E-state index in [2.05, 4.69) is 40.9 Å². The van der Waals surface area contributed by atoms with Crippen molar-refractivity contribution in [3.63, 3.8) is 0 Å². The molecular weight excluding hydrogens is 460 g/mol. The third-order valence-corrected chi connectivity index (χ3v) is 3.27. The number of rotatable bonds is 13. The predicted molar refractivity (Wildman–Crippen MR) is 133 cm³/mol. The maximum absolute atomic E-state index is 10.5. The fraction of sp³-hybridized carbons (Fsp3) is 0.520. The van der Waals surface area contributed by atoms with E-state index in [1.807, 2.05) is 6.92 Å². The minimum absolute atomic E-state index is 0.0572. The number of hydrogen-bond donors (Lipinski definition) is 3. The Kier molecular flexibility index (Phi) is 34.3. The molecule has 10 nitrogen and oxygen atoms in total. The van der Waals surface area contributed by atoms with Gasteiger partial charge in [-0.1, -0.05) is 58.9 Å². The first-order chi connectivity index (χ1) is 16.4. The van der Waals surface area contributed by atoms with Gasteiger partial charge in [0, 0.05) is 17.7 Å². The zero-order chi connectivity index (χ0) is 28.1. The van der Waals surface area contributed by atoms with Crippen LogP contribution in [0.1, 0.15) is 65.7 Å². The van der Waals surface area contributed by atoms with E-state index in [-0.39, 0.29) is 18.4 Å². The number of aliphatic carboxylic acids is 1. The molecule has 0 aromatic heterocycles. The standard InChI is InChI=1S/C7H8O4.C7H12O2.C6H14O2.C5H8O2/c1-2-11-7(10)5-3-4-6(8)9;1-3-5-6-9-7(8)4-2;1-2-3-4-5-6(7)8;1-4(2)5(6)7-3/h2-4H,1,5H2,(H,8,9);4H,2-3,5-6H2,1H3;6-8H,2-5H2,1H3;1H2,2-3H3. The van der Waals surface area contributed by atoms with Gasteiger partial charge in [0.2, 0.25) is 0 Å². The summed E-state index contributed by atoms with van der Waals surface area (Å²) in [5.41, 5.74) is 0.433. The summed E-state index contributed by atoms with van der Waals surface area (Å²) in [6, 6.07) is 0. The van der Waals surface area contributed by atoms with Gasteiger partial charge in [-0.2, -0.15) is 0 Å². The summed E-state index contributed by atoms with van der Waals surface area (Å²) in [5.74, 6) is -2.29. The largest absolute Gasteiger partial charge is 0.478 e. The van der Waals surface area contributed by atoms with Gasteiger partial charge in [0.25, 0.3) is 0 Å². The third-order valence-electron chi connectivity index (χ3n) is 3.27. The normalized spacial score (nSPS) is 9.11. The van der Waals surface area contributed by atoms with Crippen LogP contribution in [-0.2, 0) is 33.4 Å². The minimum Gasteiger partial charge on any atom is -0.478 e. The number of carbonyl (C=O) groups is 4. The van der Waals surface area contributed by atoms with Crippen molar-refractivity contribution in [1.82, 2.24) is 0 Å². The summed E-state index contributed by atoms with van der Waals surface area (Å²) in [7, 11) is 1.33. The molecule has 0 fully saturated rings. The van der Waals surface area contributed by atoms with Crippen molar-refractivity contribution in [2.75, 3.05) is 13.7 Å². The maximum atomic E-state index is 10.5. The highest BCUT2D eigenvalue weighted by molar-refractivity contribution is 5.86. The molecule has 0 amide bonds. The molecule has 0 spiro atoms. The Morgan fingerprint density at radius 3 is 1.91 bits per heavy atom. The summed E-state index contributed by atoms with van der Waals surface area (Å²) in [4.78, 5) is 40.9. The van der Waals surface area contributed by atoms with Crippen LogP contribution in [0.2, 0.25) is 0 Å². The Morgan fingerprint density at radius 1 is 1.00 bits per heavy atom. The number of methoxy groups -OCH3 is 1. The first-order valence-corrected chi connectivity index (χ1v) is 11.0. The molecule has 0 aliphatic heterocycles. The number of carbonyl (C=O) groups excluding carboxylic acids is 3. The number of hydrogen-bond acceptors (Lipinski definition) is 9. The van der Waals surface area contributed by atoms with E-state index in [9.17, 15) is 19.2 Å². The van der Waals surface area contributed by atoms with E-state index < -0.39 is 18.2 Å². The van der Waals surface area contributed by atoms with Crippen molar-refractivity contribution in [2.45, 2.75) is 72.0 Å². The smallest absolute Gasteiger partial charge is 0.332 e. The summed E-state index contributed by atoms with van der Waals surface area (Å²) in [6.45, 7) is 16.0. The van der Waals surface area contributed by atoms with Gasteiger partial charge < -0.3 is 29.5 Å². The summed E-state index contributed by atoms with van der Waals surface area (Å²) in [5, 5.41) is 24.8. The molecular formula is C25H42O10. The Bertz CT molecular complexity index is 636. The molecule has 35 heavy (non-hydrogen) atoms. The van der Waals surface area contributed by atoms with Gasteiger partial charge in [0.15, 0.2) is 6.29 Å². The van der Waals surface area contributed by atoms with Gasteiger partial charge in [-0.05, 0) is 26.2 Å². The number of unbranched alkanes of at least 4 members (excludes halogenated alkanes) is 3. The average molecular weight is 503 g/mol. The monoisotopic (exact) mass is 502 g/mol. The highest BCUT2D eigenvalue weighted by Gasteiger charge is 1.96. The van der Waals surface area contributed by atoms with Crippen molar-refractivity contribution in [1.29, 1.82) is 0 Å². The lowest BCUT2D eigenvalue weighted by Gasteiger charge is -1.99. The van der Waals surface area contributed by atoms with Crippen molar-refractivity contribution >= 4 is 23.9 Å². The number of esters is 3. The van der Waals surface area contributed by atoms with Crippen LogP contribution in [0.5, 0.6) is 0 Å². The first-order valence-electron chi connectivity index (χ1n) is 11.0. The second-order valence-corrected chi connectivity index (χ2v) is 6.57. The molecule has 0 unspecified atom stereocenters. The predicted octanol–water partition coefficient (Wildman–Crippen LogP) is 3.83. The van der Waals surface area contributed by atoms with Crippen LogP contribution in [0.3, 0.4) is 0 Å². The number of aliphatic hydroxyl groups is 2. The summed E-state index contributed by atoms with van der Waals surface area (Å²) in [6.07, 6.45) is 8.75. The van der Waals surface area contributed by atoms with Gasteiger partial charge >= 0.3 is 23.9 Å². The van der Waals surface area contributed by atoms with Crippen LogP contribution in [0.15, 0.2) is 49.8 Å². The van der Waals surface area contributed by atoms with Crippen LogP contribution >= 0.6 is 0 Å². The van der Waals surface area contributed by atoms with E-state index in [0.29, 0.717) is 18.6 Å². The first kappa shape index (κ1) is 39.0. The van der Waals surface area contributed by atoms with E-state index in [4.69, 9.17) is 15.3 Å². The van der Waals surface area contributed by atoms with E-state index in [0.717, 1.165) is 44.4 Å². The van der Waals surface area contributed by atoms with Gasteiger partial charge in [-0.25, -0.2) is 14.4 Å². The van der Waals surface area contributed by atoms with E-state index >= 15 is 0 Å². The van der Waals surface area contributed by atoms with Crippen molar-refractivity contribution < 1.29 is 48.7 Å². The summed E-state index contributed by atoms with van der Waals surface area (Å²) >= 11 is 0. The lowest BCUT2D eigenvalue weighted by atomic mass is 10.2. The molecule has 0 aliphatic carbocycles. The van der Waals surface area contributed by atoms with Crippen LogP contribution in [0.4, 0.5) is 0 Å². The summed E-state index contributed by atoms with van der Waals surface area (Å²) < 4.78 is 13.3. The van der Waals surface area contributed by atoms with Gasteiger partial charge in [0.05, 0.1) is 26.4 Å². The van der Waals surface area contributed by atoms with Crippen molar-refractivity contribution in [3.8, 4) is 0 Å². The molecule has 0 aliphatic rings. The van der Waals surface area contributed by atoms with Gasteiger partial charge in [0.1, 0.15) is 0 Å². The molecule has 0 aromatic carbocycles. The number of carboxylic acids is 1. The average Bonchev–Trinajstić information content (AvgIpc) is 2.79. The Hall–Kier alpha value is -3.24. The quantitative estimate of drug-likeness (QED) is 0.0844. The fourth-order valence-corrected chi connectivity index (χ4v) is 1.52. The molecule has 0 saturated heterocycles. The highest BCUT2D eigenvalue weighted by atomic mass is 16.5. The second-order valence-electron chi connectivity index (χ2n) is 6.57. The van der Waals surface area contributed by atoms with Crippen molar-refractivity contribution in [2.24, 2.45) is 0 Å². The molecule has 0 rings (SSSR count). The molecule has 202 valence electrons. The Morgan fingerprint density at radius 2 is 1.57 bits per heavy atom. The molecule has 0 saturated carbocycles. The maximum Gasteiger partial charge on any atom is 0.332 e. The van der Waals surface area contributed by atoms with Crippen LogP contribution < -0.4 is 0 Å². The number of ether oxygens (including phenoxy) is 3. The van der Waals surface area contributed by atoms with E-state index in [1.165, 1.54) is 19.3 Å². The lowest BCUT2D eigenvalue weighted by Crippen LogP contribution is -2.02. The highest BCUT2D eigenvalue weighted by Crippen LogP contribution is 2.00. The molecule has 0 atom stereocenters. The number of aliphatic hydroxyl groups excluding tert-OH is 1. The second kappa shape index (κ2) is 30.8. The molecule has 0 aromatic rings. The Labute approximate surface area is 208 Å². The van der Waals surface area contributed by atoms with Crippen LogP contribution in [0, 0.1) is 0 Å². The Balaban J connectivity index is -0.000000186. The molecule has 10 heteroatoms. The van der Waals surface area contributed by atoms with Crippen molar-refractivity contribution in [3.05, 3.63) is 49.8 Å². The number of carboxylic acid groups (broad SMARTS) is 1. The minimum atomic E-state index is -1.10. The van der Waals surface area contributed by atoms with E-state index in [1.54, 1.807) is 6.92 Å². The molecule has 0 heterocycles. The molecule has 0 bridgehead atoms. The zero-order valence-corrected chi connectivity index (χ0v) is 21.4. The molecule has 3 N–H and O–H groups in total. The SMILES string of the molecule is C=C(C)C(=O)OC.C=CC(=O)OCCCC.C=COC(=O)CC=CC(=O)O.CCCCCC(O)O. The topological polar surface area (TPSA) is 157 Å². The van der Waals surface area contributed by atoms with Gasteiger partial charge in [-0.15, -0.1) is 0 Å². The zero-order valence-electron chi connectivity index (χ0n) is 21.4. The van der Waals surface area contributed by atoms with Gasteiger partial charge in [-0.3, -0.25) is 4.79 Å².